The largest absolute Gasteiger partial charge is 0.374 e. The predicted octanol–water partition coefficient (Wildman–Crippen LogP) is 5.49. The normalized spacial score (nSPS) is 18.6. The first-order chi connectivity index (χ1) is 21.6. The summed E-state index contributed by atoms with van der Waals surface area (Å²) in [5, 5.41) is 4.10. The number of likely N-dealkylation sites (N-methyl/N-ethyl adjacent to an activating group) is 1. The maximum atomic E-state index is 16.4. The zero-order valence-corrected chi connectivity index (χ0v) is 28.4. The molecule has 2 aromatic heterocycles. The number of anilines is 3. The molecule has 1 aliphatic carbocycles. The van der Waals surface area contributed by atoms with Crippen LogP contribution in [0.3, 0.4) is 0 Å². The molecule has 242 valence electrons. The molecule has 2 fully saturated rings. The number of halogens is 1. The van der Waals surface area contributed by atoms with Crippen molar-refractivity contribution in [1.82, 2.24) is 15.0 Å². The second-order valence-corrected chi connectivity index (χ2v) is 18.4. The zero-order valence-electron chi connectivity index (χ0n) is 26.0. The maximum absolute atomic E-state index is 16.4. The number of aromatic nitrogens is 3. The number of hydrogen-bond donors (Lipinski definition) is 2. The van der Waals surface area contributed by atoms with Crippen molar-refractivity contribution in [2.75, 3.05) is 40.0 Å². The van der Waals surface area contributed by atoms with E-state index in [0.717, 1.165) is 23.5 Å². The topological polar surface area (TPSA) is 134 Å². The average Bonchev–Trinajstić information content (AvgIpc) is 3.57. The van der Waals surface area contributed by atoms with Crippen LogP contribution in [-0.4, -0.2) is 62.9 Å². The highest BCUT2D eigenvalue weighted by Crippen LogP contribution is 2.50. The highest BCUT2D eigenvalue weighted by Gasteiger charge is 2.56. The standard InChI is InChI=1S/C32H35FN6O4S3/c1-31(2,3)29-37-27(28(44-29)23-11-13-34-30(36-23)35-19-15-32(16-19)17-45(40,41)18-32)21-7-5-8-22(26(21)33)38-46(42,43)25-10-6-9-24-20(25)12-14-39(24)4/h5-11,13,19,38H,12,14-18H2,1-4H3,(H,34,35,36). The second-order valence-electron chi connectivity index (χ2n) is 13.7. The Bertz CT molecular complexity index is 2070. The Morgan fingerprint density at radius 1 is 1.07 bits per heavy atom. The Morgan fingerprint density at radius 3 is 2.52 bits per heavy atom. The molecule has 4 heterocycles. The van der Waals surface area contributed by atoms with Gasteiger partial charge in [-0.1, -0.05) is 32.9 Å². The minimum absolute atomic E-state index is 0.0743. The predicted molar refractivity (Wildman–Crippen MR) is 179 cm³/mol. The summed E-state index contributed by atoms with van der Waals surface area (Å²) in [5.74, 6) is 0.152. The molecule has 2 aromatic carbocycles. The number of fused-ring (bicyclic) bond motifs is 1. The summed E-state index contributed by atoms with van der Waals surface area (Å²) >= 11 is 1.41. The number of sulfone groups is 1. The molecular weight excluding hydrogens is 648 g/mol. The van der Waals surface area contributed by atoms with Crippen LogP contribution in [0.2, 0.25) is 0 Å². The van der Waals surface area contributed by atoms with Crippen molar-refractivity contribution in [1.29, 1.82) is 0 Å². The SMILES string of the molecule is CN1CCc2c1cccc2S(=O)(=O)Nc1cccc(-c2nc(C(C)(C)C)sc2-c2ccnc(NC3CC4(C3)CS(=O)(=O)C4)n2)c1F. The van der Waals surface area contributed by atoms with Crippen molar-refractivity contribution in [2.45, 2.75) is 56.4 Å². The van der Waals surface area contributed by atoms with Crippen LogP contribution in [0.25, 0.3) is 21.8 Å². The molecule has 0 atom stereocenters. The van der Waals surface area contributed by atoms with E-state index in [1.807, 2.05) is 38.8 Å². The van der Waals surface area contributed by atoms with Gasteiger partial charge in [-0.2, -0.15) is 0 Å². The molecule has 7 rings (SSSR count). The van der Waals surface area contributed by atoms with Crippen LogP contribution in [0.1, 0.15) is 44.2 Å². The van der Waals surface area contributed by atoms with E-state index < -0.39 is 25.7 Å². The first-order valence-corrected chi connectivity index (χ1v) is 19.2. The van der Waals surface area contributed by atoms with Gasteiger partial charge in [0.15, 0.2) is 15.7 Å². The summed E-state index contributed by atoms with van der Waals surface area (Å²) in [6.07, 6.45) is 3.71. The number of rotatable bonds is 7. The fourth-order valence-electron chi connectivity index (χ4n) is 6.76. The quantitative estimate of drug-likeness (QED) is 0.260. The van der Waals surface area contributed by atoms with Crippen LogP contribution in [0.5, 0.6) is 0 Å². The van der Waals surface area contributed by atoms with Crippen molar-refractivity contribution in [3.63, 3.8) is 0 Å². The second kappa shape index (κ2) is 10.7. The minimum Gasteiger partial charge on any atom is -0.374 e. The number of benzene rings is 2. The Kier molecular flexibility index (Phi) is 7.22. The zero-order chi connectivity index (χ0) is 32.6. The summed E-state index contributed by atoms with van der Waals surface area (Å²) in [4.78, 5) is 16.8. The summed E-state index contributed by atoms with van der Waals surface area (Å²) < 4.78 is 69.4. The van der Waals surface area contributed by atoms with Crippen LogP contribution in [0.15, 0.2) is 53.6 Å². The molecule has 3 aliphatic rings. The molecule has 1 saturated carbocycles. The Labute approximate surface area is 272 Å². The fourth-order valence-corrected chi connectivity index (χ4v) is 11.5. The summed E-state index contributed by atoms with van der Waals surface area (Å²) in [6.45, 7) is 6.78. The van der Waals surface area contributed by atoms with Crippen molar-refractivity contribution >= 4 is 48.5 Å². The minimum atomic E-state index is -4.09. The molecule has 0 amide bonds. The summed E-state index contributed by atoms with van der Waals surface area (Å²) in [6, 6.07) is 11.6. The highest BCUT2D eigenvalue weighted by molar-refractivity contribution is 7.93. The Hall–Kier alpha value is -3.62. The lowest BCUT2D eigenvalue weighted by Crippen LogP contribution is -2.60. The molecule has 4 aromatic rings. The third-order valence-corrected chi connectivity index (χ3v) is 14.0. The van der Waals surface area contributed by atoms with Crippen molar-refractivity contribution in [2.24, 2.45) is 5.41 Å². The maximum Gasteiger partial charge on any atom is 0.262 e. The van der Waals surface area contributed by atoms with Crippen molar-refractivity contribution in [3.05, 3.63) is 65.0 Å². The molecule has 46 heavy (non-hydrogen) atoms. The lowest BCUT2D eigenvalue weighted by molar-refractivity contribution is 0.153. The van der Waals surface area contributed by atoms with Gasteiger partial charge in [-0.25, -0.2) is 36.2 Å². The van der Waals surface area contributed by atoms with Gasteiger partial charge in [0.25, 0.3) is 10.0 Å². The van der Waals surface area contributed by atoms with Gasteiger partial charge in [-0.15, -0.1) is 11.3 Å². The van der Waals surface area contributed by atoms with Gasteiger partial charge in [-0.3, -0.25) is 4.72 Å². The van der Waals surface area contributed by atoms with E-state index in [1.165, 1.54) is 17.4 Å². The first kappa shape index (κ1) is 31.0. The molecule has 0 bridgehead atoms. The monoisotopic (exact) mass is 682 g/mol. The molecule has 0 unspecified atom stereocenters. The van der Waals surface area contributed by atoms with Crippen LogP contribution in [0, 0.1) is 11.2 Å². The van der Waals surface area contributed by atoms with Gasteiger partial charge in [0.1, 0.15) is 0 Å². The van der Waals surface area contributed by atoms with E-state index in [9.17, 15) is 16.8 Å². The van der Waals surface area contributed by atoms with E-state index in [-0.39, 0.29) is 44.5 Å². The Morgan fingerprint density at radius 2 is 1.80 bits per heavy atom. The average molecular weight is 683 g/mol. The van der Waals surface area contributed by atoms with E-state index in [0.29, 0.717) is 40.7 Å². The van der Waals surface area contributed by atoms with Crippen LogP contribution in [0.4, 0.5) is 21.7 Å². The van der Waals surface area contributed by atoms with Gasteiger partial charge >= 0.3 is 0 Å². The van der Waals surface area contributed by atoms with Gasteiger partial charge < -0.3 is 10.2 Å². The van der Waals surface area contributed by atoms with E-state index in [4.69, 9.17) is 9.97 Å². The fraction of sp³-hybridized carbons (Fsp3) is 0.406. The number of sulfonamides is 1. The highest BCUT2D eigenvalue weighted by atomic mass is 32.2. The van der Waals surface area contributed by atoms with E-state index in [2.05, 4.69) is 15.0 Å². The number of hydrogen-bond acceptors (Lipinski definition) is 10. The van der Waals surface area contributed by atoms with Gasteiger partial charge in [0, 0.05) is 47.9 Å². The molecule has 10 nitrogen and oxygen atoms in total. The third kappa shape index (κ3) is 5.53. The van der Waals surface area contributed by atoms with Gasteiger partial charge in [0.2, 0.25) is 5.95 Å². The lowest BCUT2D eigenvalue weighted by Gasteiger charge is -2.53. The summed E-state index contributed by atoms with van der Waals surface area (Å²) in [5.41, 5.74) is 2.00. The molecule has 14 heteroatoms. The number of nitrogens with one attached hydrogen (secondary N) is 2. The first-order valence-electron chi connectivity index (χ1n) is 15.1. The molecule has 0 radical (unpaired) electrons. The number of thiazole rings is 1. The van der Waals surface area contributed by atoms with Crippen LogP contribution in [-0.2, 0) is 31.7 Å². The third-order valence-electron chi connectivity index (χ3n) is 8.91. The molecule has 2 N–H and O–H groups in total. The van der Waals surface area contributed by atoms with Crippen molar-refractivity contribution in [3.8, 4) is 21.8 Å². The molecular formula is C32H35FN6O4S3. The molecule has 1 saturated heterocycles. The van der Waals surface area contributed by atoms with Gasteiger partial charge in [0.05, 0.1) is 43.4 Å². The molecule has 2 aliphatic heterocycles. The lowest BCUT2D eigenvalue weighted by atomic mass is 9.67. The van der Waals surface area contributed by atoms with E-state index in [1.54, 1.807) is 36.5 Å². The number of nitrogens with zero attached hydrogens (tertiary/aromatic N) is 4. The Balaban J connectivity index is 1.21. The van der Waals surface area contributed by atoms with Crippen molar-refractivity contribution < 1.29 is 21.2 Å². The van der Waals surface area contributed by atoms with Crippen LogP contribution >= 0.6 is 11.3 Å². The molecule has 1 spiro atoms. The van der Waals surface area contributed by atoms with Gasteiger partial charge in [-0.05, 0) is 55.2 Å². The summed E-state index contributed by atoms with van der Waals surface area (Å²) in [7, 11) is -5.07. The van der Waals surface area contributed by atoms with Crippen LogP contribution < -0.4 is 14.9 Å². The van der Waals surface area contributed by atoms with E-state index >= 15 is 4.39 Å². The smallest absolute Gasteiger partial charge is 0.262 e.